The number of benzene rings is 1. The molecule has 9 heteroatoms. The lowest BCUT2D eigenvalue weighted by atomic mass is 10.2. The van der Waals surface area contributed by atoms with Crippen molar-refractivity contribution in [1.29, 1.82) is 0 Å². The number of fused-ring (bicyclic) bond motifs is 2. The molecule has 1 N–H and O–H groups in total. The van der Waals surface area contributed by atoms with Crippen LogP contribution in [0.5, 0.6) is 0 Å². The summed E-state index contributed by atoms with van der Waals surface area (Å²) in [6, 6.07) is 9.22. The molecule has 0 saturated carbocycles. The van der Waals surface area contributed by atoms with Gasteiger partial charge in [-0.25, -0.2) is 14.5 Å². The van der Waals surface area contributed by atoms with E-state index in [9.17, 15) is 4.79 Å². The monoisotopic (exact) mass is 391 g/mol. The molecular formula is C20H21N7O2. The second kappa shape index (κ2) is 6.85. The van der Waals surface area contributed by atoms with Crippen molar-refractivity contribution in [2.45, 2.75) is 6.92 Å². The van der Waals surface area contributed by atoms with Crippen LogP contribution in [0.4, 0.5) is 11.6 Å². The summed E-state index contributed by atoms with van der Waals surface area (Å²) in [7, 11) is 1.99. The molecule has 9 nitrogen and oxygen atoms in total. The van der Waals surface area contributed by atoms with Crippen LogP contribution in [0, 0.1) is 6.92 Å². The lowest BCUT2D eigenvalue weighted by Crippen LogP contribution is -2.37. The molecule has 0 bridgehead atoms. The molecule has 4 aromatic rings. The van der Waals surface area contributed by atoms with Gasteiger partial charge in [-0.1, -0.05) is 0 Å². The molecule has 148 valence electrons. The van der Waals surface area contributed by atoms with Gasteiger partial charge in [0.2, 0.25) is 5.95 Å². The normalized spacial score (nSPS) is 14.6. The zero-order valence-corrected chi connectivity index (χ0v) is 16.3. The Morgan fingerprint density at radius 3 is 2.83 bits per heavy atom. The number of rotatable bonds is 3. The van der Waals surface area contributed by atoms with E-state index in [4.69, 9.17) is 9.72 Å². The lowest BCUT2D eigenvalue weighted by Gasteiger charge is -2.27. The Hall–Kier alpha value is -3.46. The SMILES string of the molecule is Cc1nc2c(NC(=O)c3ccc4c(c3)nc(N3CCOCC3)n4C)cccn2n1. The number of nitrogens with zero attached hydrogens (tertiary/aromatic N) is 6. The van der Waals surface area contributed by atoms with E-state index in [1.54, 1.807) is 10.7 Å². The van der Waals surface area contributed by atoms with Crippen molar-refractivity contribution in [3.8, 4) is 0 Å². The second-order valence-corrected chi connectivity index (χ2v) is 7.08. The van der Waals surface area contributed by atoms with Gasteiger partial charge < -0.3 is 19.5 Å². The molecule has 0 unspecified atom stereocenters. The number of hydrogen-bond donors (Lipinski definition) is 1. The van der Waals surface area contributed by atoms with Crippen LogP contribution in [0.1, 0.15) is 16.2 Å². The second-order valence-electron chi connectivity index (χ2n) is 7.08. The maximum absolute atomic E-state index is 12.9. The highest BCUT2D eigenvalue weighted by Crippen LogP contribution is 2.24. The van der Waals surface area contributed by atoms with Gasteiger partial charge in [0.05, 0.1) is 29.9 Å². The number of imidazole rings is 1. The van der Waals surface area contributed by atoms with Crippen molar-refractivity contribution in [1.82, 2.24) is 24.1 Å². The van der Waals surface area contributed by atoms with Gasteiger partial charge in [0.25, 0.3) is 5.91 Å². The van der Waals surface area contributed by atoms with Crippen molar-refractivity contribution >= 4 is 34.2 Å². The maximum atomic E-state index is 12.9. The van der Waals surface area contributed by atoms with Gasteiger partial charge in [0.15, 0.2) is 5.65 Å². The fourth-order valence-corrected chi connectivity index (χ4v) is 3.68. The highest BCUT2D eigenvalue weighted by atomic mass is 16.5. The number of hydrogen-bond acceptors (Lipinski definition) is 6. The summed E-state index contributed by atoms with van der Waals surface area (Å²) in [6.07, 6.45) is 1.80. The maximum Gasteiger partial charge on any atom is 0.255 e. The first-order chi connectivity index (χ1) is 14.1. The zero-order chi connectivity index (χ0) is 20.0. The number of pyridine rings is 1. The quantitative estimate of drug-likeness (QED) is 0.575. The molecule has 0 radical (unpaired) electrons. The molecule has 4 heterocycles. The third kappa shape index (κ3) is 3.09. The molecule has 0 spiro atoms. The minimum atomic E-state index is -0.209. The number of carbonyl (C=O) groups is 1. The number of ether oxygens (including phenoxy) is 1. The number of aromatic nitrogens is 5. The van der Waals surface area contributed by atoms with Crippen LogP contribution in [0.25, 0.3) is 16.7 Å². The molecule has 29 heavy (non-hydrogen) atoms. The first-order valence-corrected chi connectivity index (χ1v) is 9.53. The van der Waals surface area contributed by atoms with Gasteiger partial charge in [-0.2, -0.15) is 5.10 Å². The molecule has 0 aliphatic carbocycles. The first kappa shape index (κ1) is 17.6. The average molecular weight is 391 g/mol. The highest BCUT2D eigenvalue weighted by molar-refractivity contribution is 6.07. The van der Waals surface area contributed by atoms with E-state index in [-0.39, 0.29) is 5.91 Å². The third-order valence-corrected chi connectivity index (χ3v) is 5.13. The summed E-state index contributed by atoms with van der Waals surface area (Å²) in [5.74, 6) is 1.33. The molecule has 3 aromatic heterocycles. The van der Waals surface area contributed by atoms with Crippen LogP contribution in [0.15, 0.2) is 36.5 Å². The van der Waals surface area contributed by atoms with Crippen molar-refractivity contribution in [3.63, 3.8) is 0 Å². The molecule has 1 aromatic carbocycles. The van der Waals surface area contributed by atoms with Crippen LogP contribution in [0.2, 0.25) is 0 Å². The Kier molecular flexibility index (Phi) is 4.17. The fourth-order valence-electron chi connectivity index (χ4n) is 3.68. The van der Waals surface area contributed by atoms with Crippen LogP contribution in [0.3, 0.4) is 0 Å². The van der Waals surface area contributed by atoms with Crippen molar-refractivity contribution < 1.29 is 9.53 Å². The minimum Gasteiger partial charge on any atom is -0.378 e. The van der Waals surface area contributed by atoms with Crippen LogP contribution in [-0.2, 0) is 11.8 Å². The Labute approximate surface area is 166 Å². The third-order valence-electron chi connectivity index (χ3n) is 5.13. The highest BCUT2D eigenvalue weighted by Gasteiger charge is 2.19. The van der Waals surface area contributed by atoms with E-state index in [1.807, 2.05) is 44.3 Å². The molecule has 1 amide bonds. The van der Waals surface area contributed by atoms with Gasteiger partial charge in [-0.3, -0.25) is 4.79 Å². The van der Waals surface area contributed by atoms with Crippen molar-refractivity contribution in [3.05, 3.63) is 47.9 Å². The zero-order valence-electron chi connectivity index (χ0n) is 16.3. The number of morpholine rings is 1. The molecule has 5 rings (SSSR count). The van der Waals surface area contributed by atoms with Gasteiger partial charge >= 0.3 is 0 Å². The van der Waals surface area contributed by atoms with Crippen LogP contribution in [-0.4, -0.2) is 56.4 Å². The molecule has 1 aliphatic heterocycles. The van der Waals surface area contributed by atoms with E-state index < -0.39 is 0 Å². The van der Waals surface area contributed by atoms with E-state index in [0.717, 1.165) is 30.1 Å². The molecule has 1 fully saturated rings. The Morgan fingerprint density at radius 2 is 2.00 bits per heavy atom. The predicted molar refractivity (Wildman–Crippen MR) is 109 cm³/mol. The van der Waals surface area contributed by atoms with E-state index >= 15 is 0 Å². The summed E-state index contributed by atoms with van der Waals surface area (Å²) in [5.41, 5.74) is 3.55. The van der Waals surface area contributed by atoms with Crippen molar-refractivity contribution in [2.24, 2.45) is 7.05 Å². The summed E-state index contributed by atoms with van der Waals surface area (Å²) >= 11 is 0. The van der Waals surface area contributed by atoms with E-state index in [2.05, 4.69) is 24.9 Å². The largest absolute Gasteiger partial charge is 0.378 e. The lowest BCUT2D eigenvalue weighted by molar-refractivity contribution is 0.102. The van der Waals surface area contributed by atoms with Gasteiger partial charge in [0.1, 0.15) is 5.82 Å². The van der Waals surface area contributed by atoms with Gasteiger partial charge in [-0.15, -0.1) is 0 Å². The molecule has 1 aliphatic rings. The summed E-state index contributed by atoms with van der Waals surface area (Å²) in [4.78, 5) is 24.2. The van der Waals surface area contributed by atoms with Crippen molar-refractivity contribution in [2.75, 3.05) is 36.5 Å². The molecule has 0 atom stereocenters. The van der Waals surface area contributed by atoms with Gasteiger partial charge in [-0.05, 0) is 37.3 Å². The number of aryl methyl sites for hydroxylation is 2. The smallest absolute Gasteiger partial charge is 0.255 e. The van der Waals surface area contributed by atoms with Gasteiger partial charge in [0, 0.05) is 31.9 Å². The molecular weight excluding hydrogens is 370 g/mol. The fraction of sp³-hybridized carbons (Fsp3) is 0.300. The molecule has 1 saturated heterocycles. The van der Waals surface area contributed by atoms with E-state index in [0.29, 0.717) is 35.9 Å². The number of anilines is 2. The topological polar surface area (TPSA) is 89.6 Å². The minimum absolute atomic E-state index is 0.209. The summed E-state index contributed by atoms with van der Waals surface area (Å²) in [5, 5.41) is 7.22. The summed E-state index contributed by atoms with van der Waals surface area (Å²) in [6.45, 7) is 4.84. The Morgan fingerprint density at radius 1 is 1.17 bits per heavy atom. The summed E-state index contributed by atoms with van der Waals surface area (Å²) < 4.78 is 9.14. The number of nitrogens with one attached hydrogen (secondary N) is 1. The predicted octanol–water partition coefficient (Wildman–Crippen LogP) is 2.01. The Balaban J connectivity index is 1.45. The standard InChI is InChI=1S/C20H21N7O2/c1-13-21-18-15(4-3-7-27(18)24-13)22-19(28)14-5-6-17-16(12-14)23-20(25(17)2)26-8-10-29-11-9-26/h3-7,12H,8-11H2,1-2H3,(H,22,28). The van der Waals surface area contributed by atoms with Crippen LogP contribution < -0.4 is 10.2 Å². The average Bonchev–Trinajstić information content (AvgIpc) is 3.28. The van der Waals surface area contributed by atoms with Crippen LogP contribution >= 0.6 is 0 Å². The Bertz CT molecular complexity index is 1220. The van der Waals surface area contributed by atoms with E-state index in [1.165, 1.54) is 0 Å². The first-order valence-electron chi connectivity index (χ1n) is 9.53. The number of amides is 1. The number of carbonyl (C=O) groups excluding carboxylic acids is 1.